The summed E-state index contributed by atoms with van der Waals surface area (Å²) in [4.78, 5) is 38.9. The van der Waals surface area contributed by atoms with Crippen LogP contribution in [0.4, 0.5) is 5.69 Å². The Morgan fingerprint density at radius 1 is 1.10 bits per heavy atom. The predicted octanol–water partition coefficient (Wildman–Crippen LogP) is 4.77. The summed E-state index contributed by atoms with van der Waals surface area (Å²) < 4.78 is 13.4. The number of fused-ring (bicyclic) bond motifs is 1. The van der Waals surface area contributed by atoms with Gasteiger partial charge in [0.05, 0.1) is 32.7 Å². The van der Waals surface area contributed by atoms with Crippen LogP contribution >= 0.6 is 47.8 Å². The molecule has 0 aromatic heterocycles. The van der Waals surface area contributed by atoms with Crippen molar-refractivity contribution < 1.29 is 23.9 Å². The van der Waals surface area contributed by atoms with Crippen LogP contribution in [0, 0.1) is 0 Å². The van der Waals surface area contributed by atoms with E-state index >= 15 is 0 Å². The normalized spacial score (nSPS) is 17.8. The van der Waals surface area contributed by atoms with E-state index in [1.165, 1.54) is 11.0 Å². The first-order valence-corrected chi connectivity index (χ1v) is 11.9. The maximum atomic E-state index is 12.7. The fourth-order valence-corrected chi connectivity index (χ4v) is 6.02. The number of nitrogens with one attached hydrogen (secondary N) is 1. The Kier molecular flexibility index (Phi) is 6.80. The maximum Gasteiger partial charge on any atom is 0.262 e. The number of carbonyl (C=O) groups excluding carboxylic acids is 3. The molecule has 0 radical (unpaired) electrons. The number of benzene rings is 2. The molecule has 0 spiro atoms. The molecule has 0 saturated carbocycles. The predicted molar refractivity (Wildman–Crippen MR) is 124 cm³/mol. The lowest BCUT2D eigenvalue weighted by atomic mass is 10.1. The second-order valence-electron chi connectivity index (χ2n) is 7.15. The zero-order chi connectivity index (χ0) is 22.1. The lowest BCUT2D eigenvalue weighted by Gasteiger charge is -2.17. The molecule has 1 fully saturated rings. The number of rotatable bonds is 6. The van der Waals surface area contributed by atoms with Crippen molar-refractivity contribution in [1.29, 1.82) is 0 Å². The van der Waals surface area contributed by atoms with Crippen molar-refractivity contribution in [3.8, 4) is 5.75 Å². The minimum absolute atomic E-state index is 0.115. The van der Waals surface area contributed by atoms with E-state index in [0.29, 0.717) is 32.6 Å². The van der Waals surface area contributed by atoms with Crippen LogP contribution in [-0.4, -0.2) is 48.5 Å². The Morgan fingerprint density at radius 3 is 2.48 bits per heavy atom. The van der Waals surface area contributed by atoms with Gasteiger partial charge in [0.2, 0.25) is 0 Å². The summed E-state index contributed by atoms with van der Waals surface area (Å²) in [6.07, 6.45) is 1.65. The smallest absolute Gasteiger partial charge is 0.262 e. The molecule has 7 nitrogen and oxygen atoms in total. The van der Waals surface area contributed by atoms with Crippen LogP contribution in [0.15, 0.2) is 43.7 Å². The molecular weight excluding hydrogens is 600 g/mol. The number of hydrogen-bond acceptors (Lipinski definition) is 5. The number of carbonyl (C=O) groups is 3. The molecule has 3 amide bonds. The summed E-state index contributed by atoms with van der Waals surface area (Å²) in [6, 6.07) is 8.30. The van der Waals surface area contributed by atoms with E-state index in [1.54, 1.807) is 12.1 Å². The van der Waals surface area contributed by atoms with E-state index in [-0.39, 0.29) is 36.6 Å². The molecule has 0 aliphatic carbocycles. The highest BCUT2D eigenvalue weighted by atomic mass is 79.9. The number of ether oxygens (including phenoxy) is 2. The van der Waals surface area contributed by atoms with Crippen molar-refractivity contribution in [2.24, 2.45) is 0 Å². The van der Waals surface area contributed by atoms with Crippen molar-refractivity contribution in [1.82, 2.24) is 4.90 Å². The molecular formula is C21H17Br3N2O5. The molecule has 162 valence electrons. The van der Waals surface area contributed by atoms with Crippen LogP contribution in [0.5, 0.6) is 5.75 Å². The van der Waals surface area contributed by atoms with Crippen molar-refractivity contribution in [3.63, 3.8) is 0 Å². The molecule has 2 aliphatic rings. The van der Waals surface area contributed by atoms with Gasteiger partial charge in [-0.3, -0.25) is 19.3 Å². The summed E-state index contributed by atoms with van der Waals surface area (Å²) >= 11 is 10.2. The number of amides is 3. The standard InChI is InChI=1S/C21H17Br3N2O5/c22-11-6-16(23)19(17(24)7-11)31-10-18(27)25-12-3-4-14-15(8-12)21(29)26(20(14)28)9-13-2-1-5-30-13/h3-4,6-8,13H,1-2,5,9-10H2,(H,25,27). The van der Waals surface area contributed by atoms with Gasteiger partial charge in [0, 0.05) is 16.8 Å². The Bertz CT molecular complexity index is 1050. The van der Waals surface area contributed by atoms with Crippen LogP contribution < -0.4 is 10.1 Å². The Balaban J connectivity index is 1.41. The highest BCUT2D eigenvalue weighted by Crippen LogP contribution is 2.36. The molecule has 1 unspecified atom stereocenters. The van der Waals surface area contributed by atoms with Gasteiger partial charge in [-0.2, -0.15) is 0 Å². The van der Waals surface area contributed by atoms with Gasteiger partial charge in [-0.1, -0.05) is 15.9 Å². The topological polar surface area (TPSA) is 84.9 Å². The number of imide groups is 1. The lowest BCUT2D eigenvalue weighted by molar-refractivity contribution is -0.118. The molecule has 10 heteroatoms. The maximum absolute atomic E-state index is 12.7. The van der Waals surface area contributed by atoms with E-state index in [4.69, 9.17) is 9.47 Å². The fourth-order valence-electron chi connectivity index (χ4n) is 3.53. The number of halogens is 3. The van der Waals surface area contributed by atoms with Crippen LogP contribution in [0.25, 0.3) is 0 Å². The Morgan fingerprint density at radius 2 is 1.81 bits per heavy atom. The molecule has 1 N–H and O–H groups in total. The molecule has 1 atom stereocenters. The molecule has 2 aliphatic heterocycles. The average molecular weight is 617 g/mol. The highest BCUT2D eigenvalue weighted by molar-refractivity contribution is 9.11. The zero-order valence-electron chi connectivity index (χ0n) is 16.1. The minimum atomic E-state index is -0.394. The van der Waals surface area contributed by atoms with Gasteiger partial charge in [-0.05, 0) is 75.0 Å². The summed E-state index contributed by atoms with van der Waals surface area (Å²) in [6.45, 7) is 0.673. The van der Waals surface area contributed by atoms with Gasteiger partial charge in [0.15, 0.2) is 6.61 Å². The van der Waals surface area contributed by atoms with E-state index < -0.39 is 5.91 Å². The van der Waals surface area contributed by atoms with E-state index in [0.717, 1.165) is 17.3 Å². The van der Waals surface area contributed by atoms with E-state index in [2.05, 4.69) is 53.1 Å². The third kappa shape index (κ3) is 4.87. The number of anilines is 1. The first-order valence-electron chi connectivity index (χ1n) is 9.52. The van der Waals surface area contributed by atoms with Gasteiger partial charge in [-0.25, -0.2) is 0 Å². The first-order chi connectivity index (χ1) is 14.8. The van der Waals surface area contributed by atoms with E-state index in [1.807, 2.05) is 12.1 Å². The summed E-state index contributed by atoms with van der Waals surface area (Å²) in [7, 11) is 0. The zero-order valence-corrected chi connectivity index (χ0v) is 20.9. The minimum Gasteiger partial charge on any atom is -0.481 e. The largest absolute Gasteiger partial charge is 0.481 e. The average Bonchev–Trinajstić information content (AvgIpc) is 3.30. The highest BCUT2D eigenvalue weighted by Gasteiger charge is 2.37. The van der Waals surface area contributed by atoms with Gasteiger partial charge >= 0.3 is 0 Å². The lowest BCUT2D eigenvalue weighted by Crippen LogP contribution is -2.36. The van der Waals surface area contributed by atoms with Crippen molar-refractivity contribution in [2.45, 2.75) is 18.9 Å². The third-order valence-electron chi connectivity index (χ3n) is 4.98. The Labute approximate surface area is 203 Å². The second kappa shape index (κ2) is 9.40. The summed E-state index contributed by atoms with van der Waals surface area (Å²) in [5.41, 5.74) is 1.03. The number of hydrogen-bond donors (Lipinski definition) is 1. The first kappa shape index (κ1) is 22.4. The van der Waals surface area contributed by atoms with Gasteiger partial charge in [0.25, 0.3) is 17.7 Å². The SMILES string of the molecule is O=C(COc1c(Br)cc(Br)cc1Br)Nc1ccc2c(c1)C(=O)N(CC1CCCO1)C2=O. The molecule has 2 heterocycles. The molecule has 31 heavy (non-hydrogen) atoms. The molecule has 2 aromatic rings. The van der Waals surface area contributed by atoms with Crippen molar-refractivity contribution in [3.05, 3.63) is 54.9 Å². The van der Waals surface area contributed by atoms with Crippen molar-refractivity contribution in [2.75, 3.05) is 25.1 Å². The third-order valence-corrected chi connectivity index (χ3v) is 6.61. The van der Waals surface area contributed by atoms with Crippen LogP contribution in [-0.2, 0) is 9.53 Å². The Hall–Kier alpha value is -1.75. The second-order valence-corrected chi connectivity index (χ2v) is 9.78. The quantitative estimate of drug-likeness (QED) is 0.473. The van der Waals surface area contributed by atoms with Gasteiger partial charge < -0.3 is 14.8 Å². The van der Waals surface area contributed by atoms with E-state index in [9.17, 15) is 14.4 Å². The van der Waals surface area contributed by atoms with Crippen LogP contribution in [0.1, 0.15) is 33.6 Å². The monoisotopic (exact) mass is 614 g/mol. The van der Waals surface area contributed by atoms with Crippen LogP contribution in [0.3, 0.4) is 0 Å². The molecule has 1 saturated heterocycles. The van der Waals surface area contributed by atoms with Gasteiger partial charge in [-0.15, -0.1) is 0 Å². The molecule has 4 rings (SSSR count). The molecule has 0 bridgehead atoms. The van der Waals surface area contributed by atoms with Crippen molar-refractivity contribution >= 4 is 71.2 Å². The number of nitrogens with zero attached hydrogens (tertiary/aromatic N) is 1. The molecule has 2 aromatic carbocycles. The van der Waals surface area contributed by atoms with Crippen LogP contribution in [0.2, 0.25) is 0 Å². The van der Waals surface area contributed by atoms with Gasteiger partial charge in [0.1, 0.15) is 5.75 Å². The summed E-state index contributed by atoms with van der Waals surface area (Å²) in [5.74, 6) is -0.597. The fraction of sp³-hybridized carbons (Fsp3) is 0.286. The summed E-state index contributed by atoms with van der Waals surface area (Å²) in [5, 5.41) is 2.70.